The second-order valence-electron chi connectivity index (χ2n) is 7.16. The Balaban J connectivity index is 2.00. The molecule has 1 aliphatic heterocycles. The van der Waals surface area contributed by atoms with Gasteiger partial charge in [-0.2, -0.15) is 0 Å². The summed E-state index contributed by atoms with van der Waals surface area (Å²) in [4.78, 5) is 6.89. The molecule has 0 saturated carbocycles. The Kier molecular flexibility index (Phi) is 4.90. The summed E-state index contributed by atoms with van der Waals surface area (Å²) < 4.78 is 2.25. The van der Waals surface area contributed by atoms with Crippen molar-refractivity contribution in [3.63, 3.8) is 0 Å². The van der Waals surface area contributed by atoms with E-state index in [0.717, 1.165) is 17.4 Å². The number of aromatic nitrogens is 2. The first-order valence-corrected chi connectivity index (χ1v) is 9.03. The molecule has 3 heterocycles. The predicted molar refractivity (Wildman–Crippen MR) is 102 cm³/mol. The molecule has 4 nitrogen and oxygen atoms in total. The van der Waals surface area contributed by atoms with Gasteiger partial charge in [0, 0.05) is 31.2 Å². The molecule has 0 bridgehead atoms. The van der Waals surface area contributed by atoms with Crippen LogP contribution in [0.2, 0.25) is 0 Å². The van der Waals surface area contributed by atoms with E-state index < -0.39 is 0 Å². The molecule has 24 heavy (non-hydrogen) atoms. The Bertz CT molecular complexity index is 692. The molecule has 5 heteroatoms. The molecule has 2 aromatic heterocycles. The molecular weight excluding hydrogens is 316 g/mol. The van der Waals surface area contributed by atoms with E-state index >= 15 is 0 Å². The van der Waals surface area contributed by atoms with E-state index in [1.54, 1.807) is 0 Å². The zero-order valence-corrected chi connectivity index (χ0v) is 15.6. The Labute approximate surface area is 149 Å². The number of hydrogen-bond donors (Lipinski definition) is 1. The highest BCUT2D eigenvalue weighted by molar-refractivity contribution is 7.80. The normalized spacial score (nSPS) is 20.9. The van der Waals surface area contributed by atoms with Gasteiger partial charge in [0.15, 0.2) is 5.11 Å². The quantitative estimate of drug-likeness (QED) is 0.830. The first-order valence-electron chi connectivity index (χ1n) is 8.62. The molecule has 0 unspecified atom stereocenters. The van der Waals surface area contributed by atoms with Crippen molar-refractivity contribution in [3.05, 3.63) is 54.1 Å². The highest BCUT2D eigenvalue weighted by atomic mass is 32.1. The monoisotopic (exact) mass is 342 g/mol. The van der Waals surface area contributed by atoms with Crippen molar-refractivity contribution in [1.29, 1.82) is 0 Å². The first kappa shape index (κ1) is 17.0. The minimum Gasteiger partial charge on any atom is -0.352 e. The van der Waals surface area contributed by atoms with Gasteiger partial charge in [-0.25, -0.2) is 0 Å². The standard InChI is InChI=1S/C19H26N4S/c1-13(2)11-23-18(15-8-10-22(12-15)14(3)4)17(21-19(23)24)16-7-5-6-9-20-16/h5-10,12-14,17-18H,11H2,1-4H3,(H,21,24)/t17-,18+/m1/s1. The Morgan fingerprint density at radius 2 is 2.00 bits per heavy atom. The maximum atomic E-state index is 5.65. The topological polar surface area (TPSA) is 33.1 Å². The van der Waals surface area contributed by atoms with Crippen LogP contribution < -0.4 is 5.32 Å². The average Bonchev–Trinajstić information content (AvgIpc) is 3.14. The van der Waals surface area contributed by atoms with Crippen molar-refractivity contribution in [1.82, 2.24) is 19.8 Å². The van der Waals surface area contributed by atoms with Crippen LogP contribution in [0.3, 0.4) is 0 Å². The van der Waals surface area contributed by atoms with Crippen molar-refractivity contribution in [3.8, 4) is 0 Å². The minimum atomic E-state index is 0.0838. The third kappa shape index (κ3) is 3.31. The van der Waals surface area contributed by atoms with Crippen LogP contribution in [0, 0.1) is 5.92 Å². The number of pyridine rings is 1. The molecule has 1 N–H and O–H groups in total. The fourth-order valence-electron chi connectivity index (χ4n) is 3.29. The van der Waals surface area contributed by atoms with Gasteiger partial charge >= 0.3 is 0 Å². The molecule has 1 fully saturated rings. The van der Waals surface area contributed by atoms with Crippen molar-refractivity contribution in [2.24, 2.45) is 5.92 Å². The summed E-state index contributed by atoms with van der Waals surface area (Å²) in [6, 6.07) is 8.98. The third-order valence-corrected chi connectivity index (χ3v) is 4.79. The fourth-order valence-corrected chi connectivity index (χ4v) is 3.60. The van der Waals surface area contributed by atoms with Crippen molar-refractivity contribution < 1.29 is 0 Å². The van der Waals surface area contributed by atoms with E-state index in [1.165, 1.54) is 5.56 Å². The number of hydrogen-bond acceptors (Lipinski definition) is 2. The molecule has 0 amide bonds. The van der Waals surface area contributed by atoms with Crippen LogP contribution in [0.15, 0.2) is 42.9 Å². The van der Waals surface area contributed by atoms with Gasteiger partial charge in [0.2, 0.25) is 0 Å². The number of nitrogens with one attached hydrogen (secondary N) is 1. The average molecular weight is 343 g/mol. The van der Waals surface area contributed by atoms with E-state index in [9.17, 15) is 0 Å². The fraction of sp³-hybridized carbons (Fsp3) is 0.474. The lowest BCUT2D eigenvalue weighted by Crippen LogP contribution is -2.32. The van der Waals surface area contributed by atoms with Crippen LogP contribution in [0.5, 0.6) is 0 Å². The Hall–Kier alpha value is -1.88. The van der Waals surface area contributed by atoms with Gasteiger partial charge in [-0.05, 0) is 55.7 Å². The first-order chi connectivity index (χ1) is 11.5. The number of thiocarbonyl (C=S) groups is 1. The zero-order valence-electron chi connectivity index (χ0n) is 14.8. The summed E-state index contributed by atoms with van der Waals surface area (Å²) in [6.07, 6.45) is 6.25. The lowest BCUT2D eigenvalue weighted by atomic mass is 9.98. The molecule has 0 radical (unpaired) electrons. The van der Waals surface area contributed by atoms with Crippen molar-refractivity contribution in [2.45, 2.75) is 45.8 Å². The molecular formula is C19H26N4S. The van der Waals surface area contributed by atoms with Crippen LogP contribution in [0.4, 0.5) is 0 Å². The van der Waals surface area contributed by atoms with Crippen molar-refractivity contribution >= 4 is 17.3 Å². The molecule has 1 saturated heterocycles. The maximum Gasteiger partial charge on any atom is 0.170 e. The van der Waals surface area contributed by atoms with Crippen LogP contribution in [-0.2, 0) is 0 Å². The van der Waals surface area contributed by atoms with E-state index in [2.05, 4.69) is 72.0 Å². The summed E-state index contributed by atoms with van der Waals surface area (Å²) in [5.41, 5.74) is 2.32. The maximum absolute atomic E-state index is 5.65. The van der Waals surface area contributed by atoms with Gasteiger partial charge in [-0.15, -0.1) is 0 Å². The minimum absolute atomic E-state index is 0.0838. The molecule has 2 atom stereocenters. The lowest BCUT2D eigenvalue weighted by molar-refractivity contribution is 0.287. The summed E-state index contributed by atoms with van der Waals surface area (Å²) >= 11 is 5.65. The second kappa shape index (κ2) is 6.93. The summed E-state index contributed by atoms with van der Waals surface area (Å²) in [5.74, 6) is 0.543. The molecule has 128 valence electrons. The highest BCUT2D eigenvalue weighted by Crippen LogP contribution is 2.39. The molecule has 0 aromatic carbocycles. The molecule has 0 aliphatic carbocycles. The molecule has 1 aliphatic rings. The van der Waals surface area contributed by atoms with Crippen LogP contribution in [-0.4, -0.2) is 26.1 Å². The lowest BCUT2D eigenvalue weighted by Gasteiger charge is -2.28. The Morgan fingerprint density at radius 3 is 2.58 bits per heavy atom. The number of nitrogens with zero attached hydrogens (tertiary/aromatic N) is 3. The Morgan fingerprint density at radius 1 is 1.21 bits per heavy atom. The van der Waals surface area contributed by atoms with Gasteiger partial charge in [-0.3, -0.25) is 4.98 Å². The largest absolute Gasteiger partial charge is 0.352 e. The van der Waals surface area contributed by atoms with Crippen LogP contribution in [0.1, 0.15) is 57.1 Å². The molecule has 2 aromatic rings. The van der Waals surface area contributed by atoms with Crippen LogP contribution in [0.25, 0.3) is 0 Å². The van der Waals surface area contributed by atoms with E-state index in [1.807, 2.05) is 18.3 Å². The van der Waals surface area contributed by atoms with Crippen LogP contribution >= 0.6 is 12.2 Å². The number of rotatable bonds is 5. The second-order valence-corrected chi connectivity index (χ2v) is 7.55. The van der Waals surface area contributed by atoms with Gasteiger partial charge in [0.25, 0.3) is 0 Å². The smallest absolute Gasteiger partial charge is 0.170 e. The summed E-state index contributed by atoms with van der Waals surface area (Å²) in [7, 11) is 0. The van der Waals surface area contributed by atoms with E-state index in [4.69, 9.17) is 12.2 Å². The van der Waals surface area contributed by atoms with Gasteiger partial charge in [0.1, 0.15) is 0 Å². The third-order valence-electron chi connectivity index (χ3n) is 4.43. The molecule has 0 spiro atoms. The van der Waals surface area contributed by atoms with Crippen molar-refractivity contribution in [2.75, 3.05) is 6.54 Å². The van der Waals surface area contributed by atoms with Gasteiger partial charge in [0.05, 0.1) is 17.8 Å². The zero-order chi connectivity index (χ0) is 17.3. The SMILES string of the molecule is CC(C)CN1C(=S)N[C@H](c2ccccn2)[C@@H]1c1ccn(C(C)C)c1. The van der Waals surface area contributed by atoms with Gasteiger partial charge < -0.3 is 14.8 Å². The highest BCUT2D eigenvalue weighted by Gasteiger charge is 2.40. The van der Waals surface area contributed by atoms with E-state index in [-0.39, 0.29) is 12.1 Å². The van der Waals surface area contributed by atoms with Gasteiger partial charge in [-0.1, -0.05) is 19.9 Å². The summed E-state index contributed by atoms with van der Waals surface area (Å²) in [6.45, 7) is 9.79. The van der Waals surface area contributed by atoms with E-state index in [0.29, 0.717) is 12.0 Å². The summed E-state index contributed by atoms with van der Waals surface area (Å²) in [5, 5.41) is 4.32. The molecule has 3 rings (SSSR count). The predicted octanol–water partition coefficient (Wildman–Crippen LogP) is 4.09.